The molecule has 0 spiro atoms. The molecular formula is C18H18N2O3S. The Bertz CT molecular complexity index is 811. The number of benzene rings is 1. The van der Waals surface area contributed by atoms with Gasteiger partial charge in [0.15, 0.2) is 10.8 Å². The van der Waals surface area contributed by atoms with E-state index in [2.05, 4.69) is 4.98 Å². The Morgan fingerprint density at radius 1 is 1.25 bits per heavy atom. The van der Waals surface area contributed by atoms with Crippen molar-refractivity contribution < 1.29 is 14.3 Å². The van der Waals surface area contributed by atoms with Crippen molar-refractivity contribution >= 4 is 17.2 Å². The van der Waals surface area contributed by atoms with Gasteiger partial charge in [0.2, 0.25) is 0 Å². The van der Waals surface area contributed by atoms with Crippen LogP contribution in [0.4, 0.5) is 0 Å². The Kier molecular flexibility index (Phi) is 5.08. The molecule has 0 bridgehead atoms. The summed E-state index contributed by atoms with van der Waals surface area (Å²) in [6.07, 6.45) is 0. The maximum atomic E-state index is 12.7. The molecule has 1 aromatic carbocycles. The molecule has 1 N–H and O–H groups in total. The number of carbonyl (C=O) groups is 1. The summed E-state index contributed by atoms with van der Waals surface area (Å²) < 4.78 is 5.55. The molecule has 24 heavy (non-hydrogen) atoms. The van der Waals surface area contributed by atoms with Crippen molar-refractivity contribution in [2.24, 2.45) is 0 Å². The second-order valence-corrected chi connectivity index (χ2v) is 6.24. The fraction of sp³-hybridized carbons (Fsp3) is 0.222. The lowest BCUT2D eigenvalue weighted by Crippen LogP contribution is -2.33. The number of hydrogen-bond acceptors (Lipinski definition) is 5. The number of aliphatic hydroxyl groups excluding tert-OH is 1. The molecule has 2 heterocycles. The monoisotopic (exact) mass is 342 g/mol. The van der Waals surface area contributed by atoms with E-state index in [-0.39, 0.29) is 19.1 Å². The highest BCUT2D eigenvalue weighted by Crippen LogP contribution is 2.26. The number of amides is 1. The number of thiazole rings is 1. The fourth-order valence-corrected chi connectivity index (χ4v) is 3.13. The van der Waals surface area contributed by atoms with E-state index in [0.29, 0.717) is 23.0 Å². The number of carbonyl (C=O) groups excluding carboxylic acids is 1. The van der Waals surface area contributed by atoms with Crippen molar-refractivity contribution in [2.45, 2.75) is 13.5 Å². The van der Waals surface area contributed by atoms with Gasteiger partial charge >= 0.3 is 0 Å². The van der Waals surface area contributed by atoms with Crippen LogP contribution in [-0.4, -0.2) is 34.0 Å². The first-order valence-electron chi connectivity index (χ1n) is 7.64. The van der Waals surface area contributed by atoms with Gasteiger partial charge in [-0.3, -0.25) is 4.79 Å². The molecule has 0 aliphatic rings. The fourth-order valence-electron chi connectivity index (χ4n) is 2.37. The first kappa shape index (κ1) is 16.4. The lowest BCUT2D eigenvalue weighted by Gasteiger charge is -2.20. The molecule has 2 aromatic heterocycles. The van der Waals surface area contributed by atoms with E-state index < -0.39 is 0 Å². The highest BCUT2D eigenvalue weighted by atomic mass is 32.1. The van der Waals surface area contributed by atoms with Gasteiger partial charge in [-0.2, -0.15) is 0 Å². The minimum atomic E-state index is -0.196. The van der Waals surface area contributed by atoms with E-state index >= 15 is 0 Å². The van der Waals surface area contributed by atoms with Gasteiger partial charge in [-0.1, -0.05) is 30.3 Å². The van der Waals surface area contributed by atoms with Gasteiger partial charge in [-0.25, -0.2) is 4.98 Å². The first-order chi connectivity index (χ1) is 11.7. The third kappa shape index (κ3) is 3.72. The summed E-state index contributed by atoms with van der Waals surface area (Å²) in [4.78, 5) is 18.7. The number of aromatic nitrogens is 1. The molecule has 0 atom stereocenters. The Morgan fingerprint density at radius 3 is 2.71 bits per heavy atom. The standard InChI is InChI=1S/C18H18N2O3S/c1-13-7-8-16(23-13)17-19-15(12-24-17)18(22)20(9-10-21)11-14-5-3-2-4-6-14/h2-8,12,21H,9-11H2,1H3. The maximum Gasteiger partial charge on any atom is 0.273 e. The van der Waals surface area contributed by atoms with Crippen LogP contribution < -0.4 is 0 Å². The van der Waals surface area contributed by atoms with Crippen LogP contribution in [0, 0.1) is 6.92 Å². The molecule has 6 heteroatoms. The van der Waals surface area contributed by atoms with Crippen LogP contribution in [0.2, 0.25) is 0 Å². The van der Waals surface area contributed by atoms with Gasteiger partial charge in [-0.05, 0) is 24.6 Å². The van der Waals surface area contributed by atoms with E-state index in [1.807, 2.05) is 49.4 Å². The van der Waals surface area contributed by atoms with Crippen molar-refractivity contribution in [3.63, 3.8) is 0 Å². The summed E-state index contributed by atoms with van der Waals surface area (Å²) in [5, 5.41) is 11.7. The molecule has 0 saturated carbocycles. The van der Waals surface area contributed by atoms with Gasteiger partial charge in [0, 0.05) is 18.5 Å². The number of aryl methyl sites for hydroxylation is 1. The average molecular weight is 342 g/mol. The van der Waals surface area contributed by atoms with Gasteiger partial charge in [-0.15, -0.1) is 11.3 Å². The summed E-state index contributed by atoms with van der Waals surface area (Å²) in [7, 11) is 0. The quantitative estimate of drug-likeness (QED) is 0.746. The van der Waals surface area contributed by atoms with Crippen molar-refractivity contribution in [3.05, 3.63) is 64.9 Å². The molecule has 3 rings (SSSR count). The Morgan fingerprint density at radius 2 is 2.04 bits per heavy atom. The van der Waals surface area contributed by atoms with Gasteiger partial charge < -0.3 is 14.4 Å². The van der Waals surface area contributed by atoms with Crippen molar-refractivity contribution in [2.75, 3.05) is 13.2 Å². The molecule has 5 nitrogen and oxygen atoms in total. The molecule has 3 aromatic rings. The summed E-state index contributed by atoms with van der Waals surface area (Å²) in [6.45, 7) is 2.48. The molecule has 1 amide bonds. The summed E-state index contributed by atoms with van der Waals surface area (Å²) in [5.41, 5.74) is 1.38. The predicted molar refractivity (Wildman–Crippen MR) is 92.8 cm³/mol. The van der Waals surface area contributed by atoms with Crippen molar-refractivity contribution in [1.82, 2.24) is 9.88 Å². The molecule has 124 valence electrons. The summed E-state index contributed by atoms with van der Waals surface area (Å²) >= 11 is 1.37. The summed E-state index contributed by atoms with van der Waals surface area (Å²) in [5.74, 6) is 1.27. The van der Waals surface area contributed by atoms with Gasteiger partial charge in [0.1, 0.15) is 11.5 Å². The highest BCUT2D eigenvalue weighted by molar-refractivity contribution is 7.13. The first-order valence-corrected chi connectivity index (χ1v) is 8.51. The summed E-state index contributed by atoms with van der Waals surface area (Å²) in [6, 6.07) is 13.4. The number of aliphatic hydroxyl groups is 1. The average Bonchev–Trinajstić information content (AvgIpc) is 3.23. The van der Waals surface area contributed by atoms with Crippen LogP contribution >= 0.6 is 11.3 Å². The molecule has 0 saturated heterocycles. The van der Waals surface area contributed by atoms with Gasteiger partial charge in [0.25, 0.3) is 5.91 Å². The van der Waals surface area contributed by atoms with E-state index in [9.17, 15) is 9.90 Å². The predicted octanol–water partition coefficient (Wildman–Crippen LogP) is 3.35. The zero-order valence-electron chi connectivity index (χ0n) is 13.3. The molecule has 0 radical (unpaired) electrons. The number of hydrogen-bond donors (Lipinski definition) is 1. The minimum Gasteiger partial charge on any atom is -0.459 e. The number of nitrogens with zero attached hydrogens (tertiary/aromatic N) is 2. The molecule has 0 fully saturated rings. The van der Waals surface area contributed by atoms with E-state index in [1.54, 1.807) is 10.3 Å². The number of rotatable bonds is 6. The Hall–Kier alpha value is -2.44. The third-order valence-corrected chi connectivity index (χ3v) is 4.40. The van der Waals surface area contributed by atoms with Crippen LogP contribution in [-0.2, 0) is 6.54 Å². The van der Waals surface area contributed by atoms with Crippen molar-refractivity contribution in [1.29, 1.82) is 0 Å². The SMILES string of the molecule is Cc1ccc(-c2nc(C(=O)N(CCO)Cc3ccccc3)cs2)o1. The largest absolute Gasteiger partial charge is 0.459 e. The zero-order chi connectivity index (χ0) is 16.9. The van der Waals surface area contributed by atoms with E-state index in [4.69, 9.17) is 4.42 Å². The van der Waals surface area contributed by atoms with E-state index in [1.165, 1.54) is 11.3 Å². The zero-order valence-corrected chi connectivity index (χ0v) is 14.1. The highest BCUT2D eigenvalue weighted by Gasteiger charge is 2.20. The number of furan rings is 1. The third-order valence-electron chi connectivity index (χ3n) is 3.55. The normalized spacial score (nSPS) is 10.8. The molecule has 0 unspecified atom stereocenters. The minimum absolute atomic E-state index is 0.0903. The smallest absolute Gasteiger partial charge is 0.273 e. The van der Waals surface area contributed by atoms with Crippen LogP contribution in [0.25, 0.3) is 10.8 Å². The van der Waals surface area contributed by atoms with Crippen LogP contribution in [0.1, 0.15) is 21.8 Å². The van der Waals surface area contributed by atoms with Crippen molar-refractivity contribution in [3.8, 4) is 10.8 Å². The Balaban J connectivity index is 1.79. The molecule has 0 aliphatic heterocycles. The van der Waals surface area contributed by atoms with Crippen LogP contribution in [0.15, 0.2) is 52.3 Å². The Labute approximate surface area is 144 Å². The topological polar surface area (TPSA) is 66.6 Å². The van der Waals surface area contributed by atoms with E-state index in [0.717, 1.165) is 11.3 Å². The molecular weight excluding hydrogens is 324 g/mol. The van der Waals surface area contributed by atoms with Crippen LogP contribution in [0.3, 0.4) is 0 Å². The second kappa shape index (κ2) is 7.42. The molecule has 0 aliphatic carbocycles. The lowest BCUT2D eigenvalue weighted by atomic mass is 10.2. The lowest BCUT2D eigenvalue weighted by molar-refractivity contribution is 0.0703. The van der Waals surface area contributed by atoms with Crippen LogP contribution in [0.5, 0.6) is 0 Å². The maximum absolute atomic E-state index is 12.7. The van der Waals surface area contributed by atoms with Gasteiger partial charge in [0.05, 0.1) is 6.61 Å². The second-order valence-electron chi connectivity index (χ2n) is 5.38.